The lowest BCUT2D eigenvalue weighted by Crippen LogP contribution is -1.92. The molecule has 0 saturated heterocycles. The molecule has 0 aliphatic rings. The fourth-order valence-electron chi connectivity index (χ4n) is 7.34. The lowest BCUT2D eigenvalue weighted by atomic mass is 9.83. The smallest absolute Gasteiger partial charge is 0.00201 e. The third-order valence-corrected chi connectivity index (χ3v) is 9.44. The molecule has 0 radical (unpaired) electrons. The second-order valence-corrected chi connectivity index (χ2v) is 12.5. The van der Waals surface area contributed by atoms with Gasteiger partial charge in [-0.3, -0.25) is 0 Å². The summed E-state index contributed by atoms with van der Waals surface area (Å²) in [5.74, 6) is 0. The molecule has 0 aromatic heterocycles. The number of rotatable bonds is 4. The van der Waals surface area contributed by atoms with Crippen LogP contribution in [0.5, 0.6) is 0 Å². The van der Waals surface area contributed by atoms with Gasteiger partial charge < -0.3 is 0 Å². The van der Waals surface area contributed by atoms with Crippen molar-refractivity contribution in [1.29, 1.82) is 0 Å². The predicted molar refractivity (Wildman–Crippen MR) is 214 cm³/mol. The first-order chi connectivity index (χ1) is 24.2. The van der Waals surface area contributed by atoms with Gasteiger partial charge in [-0.15, -0.1) is 6.58 Å². The Morgan fingerprint density at radius 1 is 0.327 bits per heavy atom. The van der Waals surface area contributed by atoms with E-state index in [1.165, 1.54) is 87.6 Å². The highest BCUT2D eigenvalue weighted by atomic mass is 14.2. The van der Waals surface area contributed by atoms with Crippen LogP contribution in [0, 0.1) is 0 Å². The molecule has 0 spiro atoms. The van der Waals surface area contributed by atoms with E-state index in [9.17, 15) is 0 Å². The third-order valence-electron chi connectivity index (χ3n) is 9.44. The first kappa shape index (κ1) is 30.1. The molecule has 9 aromatic rings. The van der Waals surface area contributed by atoms with Crippen LogP contribution in [0.3, 0.4) is 0 Å². The molecule has 0 heterocycles. The maximum absolute atomic E-state index is 3.36. The zero-order valence-electron chi connectivity index (χ0n) is 27.6. The monoisotopic (exact) mass is 624 g/mol. The first-order valence-corrected chi connectivity index (χ1v) is 16.9. The second kappa shape index (κ2) is 13.1. The maximum atomic E-state index is 3.36. The van der Waals surface area contributed by atoms with Crippen LogP contribution in [0.2, 0.25) is 0 Å². The van der Waals surface area contributed by atoms with Gasteiger partial charge in [0.2, 0.25) is 0 Å². The number of hydrogen-bond acceptors (Lipinski definition) is 0. The van der Waals surface area contributed by atoms with Gasteiger partial charge in [-0.1, -0.05) is 176 Å². The Morgan fingerprint density at radius 3 is 1.43 bits per heavy atom. The minimum absolute atomic E-state index is 1.22. The molecule has 232 valence electrons. The van der Waals surface area contributed by atoms with Gasteiger partial charge in [-0.05, 0) is 107 Å². The van der Waals surface area contributed by atoms with Crippen LogP contribution < -0.4 is 0 Å². The van der Waals surface area contributed by atoms with Crippen molar-refractivity contribution in [2.24, 2.45) is 0 Å². The summed E-state index contributed by atoms with van der Waals surface area (Å²) >= 11 is 0. The minimum Gasteiger partial charge on any atom is -0.103 e. The average molecular weight is 625 g/mol. The third kappa shape index (κ3) is 5.48. The molecule has 9 aromatic carbocycles. The fraction of sp³-hybridized carbons (Fsp3) is 0.0204. The Labute approximate surface area is 288 Å². The molecular formula is C49H36. The summed E-state index contributed by atoms with van der Waals surface area (Å²) in [6.07, 6.45) is 1.75. The summed E-state index contributed by atoms with van der Waals surface area (Å²) in [5, 5.41) is 10.1. The van der Waals surface area contributed by atoms with E-state index in [2.05, 4.69) is 189 Å². The Morgan fingerprint density at radius 2 is 0.776 bits per heavy atom. The molecular weight excluding hydrogens is 589 g/mol. The molecule has 0 amide bonds. The van der Waals surface area contributed by atoms with E-state index in [1.807, 2.05) is 6.92 Å². The van der Waals surface area contributed by atoms with Crippen molar-refractivity contribution < 1.29 is 0 Å². The van der Waals surface area contributed by atoms with Gasteiger partial charge in [0.05, 0.1) is 0 Å². The van der Waals surface area contributed by atoms with Gasteiger partial charge in [0.1, 0.15) is 0 Å². The second-order valence-electron chi connectivity index (χ2n) is 12.5. The van der Waals surface area contributed by atoms with Gasteiger partial charge in [-0.2, -0.15) is 0 Å². The fourth-order valence-corrected chi connectivity index (χ4v) is 7.34. The number of benzene rings is 9. The van der Waals surface area contributed by atoms with Crippen LogP contribution >= 0.6 is 0 Å². The van der Waals surface area contributed by atoms with Gasteiger partial charge in [0.25, 0.3) is 0 Å². The standard InChI is InChI=1S/C46H30.C3H6/c1-2-14-32(15-3-1)37-27-28-44(39-20-7-6-19-38(37)39)46-42-23-10-8-21-40(42)45(41-22-9-11-24-43(41)46)36-18-12-17-34(30-36)35-26-25-31-13-4-5-16-33(31)29-35;1-3-2/h1-30H;3H,1H2,2H3. The van der Waals surface area contributed by atoms with E-state index in [0.717, 1.165) is 0 Å². The number of hydrogen-bond donors (Lipinski definition) is 0. The maximum Gasteiger partial charge on any atom is -0.00201 e. The minimum atomic E-state index is 1.22. The molecule has 0 heteroatoms. The highest BCUT2D eigenvalue weighted by molar-refractivity contribution is 6.24. The first-order valence-electron chi connectivity index (χ1n) is 16.9. The van der Waals surface area contributed by atoms with Crippen LogP contribution in [0.25, 0.3) is 87.6 Å². The highest BCUT2D eigenvalue weighted by Gasteiger charge is 2.19. The van der Waals surface area contributed by atoms with Gasteiger partial charge >= 0.3 is 0 Å². The van der Waals surface area contributed by atoms with Crippen molar-refractivity contribution >= 4 is 43.1 Å². The van der Waals surface area contributed by atoms with Crippen LogP contribution in [0.4, 0.5) is 0 Å². The molecule has 0 aliphatic carbocycles. The van der Waals surface area contributed by atoms with E-state index < -0.39 is 0 Å². The molecule has 0 saturated carbocycles. The molecule has 0 nitrogen and oxygen atoms in total. The van der Waals surface area contributed by atoms with Crippen LogP contribution in [-0.2, 0) is 0 Å². The zero-order valence-corrected chi connectivity index (χ0v) is 27.6. The van der Waals surface area contributed by atoms with Crippen LogP contribution in [0.1, 0.15) is 6.92 Å². The molecule has 0 bridgehead atoms. The van der Waals surface area contributed by atoms with Crippen molar-refractivity contribution in [3.63, 3.8) is 0 Å². The molecule has 0 atom stereocenters. The van der Waals surface area contributed by atoms with Gasteiger partial charge in [0.15, 0.2) is 0 Å². The molecule has 9 rings (SSSR count). The van der Waals surface area contributed by atoms with Crippen molar-refractivity contribution in [2.45, 2.75) is 6.92 Å². The van der Waals surface area contributed by atoms with Gasteiger partial charge in [0, 0.05) is 0 Å². The Hall–Kier alpha value is -6.24. The Balaban J connectivity index is 0.00000112. The van der Waals surface area contributed by atoms with Crippen molar-refractivity contribution in [3.05, 3.63) is 195 Å². The summed E-state index contributed by atoms with van der Waals surface area (Å²) in [6.45, 7) is 5.25. The average Bonchev–Trinajstić information content (AvgIpc) is 3.17. The largest absolute Gasteiger partial charge is 0.103 e. The van der Waals surface area contributed by atoms with Gasteiger partial charge in [-0.25, -0.2) is 0 Å². The summed E-state index contributed by atoms with van der Waals surface area (Å²) < 4.78 is 0. The lowest BCUT2D eigenvalue weighted by molar-refractivity contribution is 1.62. The van der Waals surface area contributed by atoms with E-state index in [-0.39, 0.29) is 0 Å². The Kier molecular flexibility index (Phi) is 8.05. The topological polar surface area (TPSA) is 0 Å². The summed E-state index contributed by atoms with van der Waals surface area (Å²) in [6, 6.07) is 66.5. The lowest BCUT2D eigenvalue weighted by Gasteiger charge is -2.20. The van der Waals surface area contributed by atoms with Crippen molar-refractivity contribution in [3.8, 4) is 44.5 Å². The van der Waals surface area contributed by atoms with E-state index in [1.54, 1.807) is 6.08 Å². The molecule has 0 aliphatic heterocycles. The number of allylic oxidation sites excluding steroid dienone is 1. The molecule has 0 unspecified atom stereocenters. The zero-order chi connectivity index (χ0) is 33.2. The van der Waals surface area contributed by atoms with E-state index in [4.69, 9.17) is 0 Å². The number of fused-ring (bicyclic) bond motifs is 4. The van der Waals surface area contributed by atoms with Crippen LogP contribution in [-0.4, -0.2) is 0 Å². The van der Waals surface area contributed by atoms with Crippen molar-refractivity contribution in [2.75, 3.05) is 0 Å². The predicted octanol–water partition coefficient (Wildman–Crippen LogP) is 14.2. The normalized spacial score (nSPS) is 11.0. The van der Waals surface area contributed by atoms with Crippen molar-refractivity contribution in [1.82, 2.24) is 0 Å². The molecule has 49 heavy (non-hydrogen) atoms. The SMILES string of the molecule is C=CC.c1ccc(-c2ccc(-c3c4ccccc4c(-c4cccc(-c5ccc6ccccc6c5)c4)c4ccccc34)c3ccccc23)cc1. The van der Waals surface area contributed by atoms with E-state index in [0.29, 0.717) is 0 Å². The summed E-state index contributed by atoms with van der Waals surface area (Å²) in [5.41, 5.74) is 10.0. The summed E-state index contributed by atoms with van der Waals surface area (Å²) in [7, 11) is 0. The molecule has 0 fully saturated rings. The summed E-state index contributed by atoms with van der Waals surface area (Å²) in [4.78, 5) is 0. The quantitative estimate of drug-likeness (QED) is 0.135. The molecule has 0 N–H and O–H groups in total. The van der Waals surface area contributed by atoms with E-state index >= 15 is 0 Å². The van der Waals surface area contributed by atoms with Crippen LogP contribution in [0.15, 0.2) is 195 Å². The Bertz CT molecular complexity index is 2570. The highest BCUT2D eigenvalue weighted by Crippen LogP contribution is 2.46.